The lowest BCUT2D eigenvalue weighted by atomic mass is 10.0. The fourth-order valence-electron chi connectivity index (χ4n) is 5.81. The monoisotopic (exact) mass is 754 g/mol. The van der Waals surface area contributed by atoms with E-state index in [-0.39, 0.29) is 23.7 Å². The number of hydrogen-bond acceptors (Lipinski definition) is 16. The Balaban J connectivity index is 1.16. The van der Waals surface area contributed by atoms with E-state index in [0.29, 0.717) is 28.6 Å². The molecule has 3 saturated heterocycles. The van der Waals surface area contributed by atoms with Crippen molar-refractivity contribution in [2.24, 2.45) is 0 Å². The minimum Gasteiger partial charge on any atom is -0.397 e. The molecule has 0 saturated carbocycles. The largest absolute Gasteiger partial charge is 0.582 e. The molecular formula is C22H24F2N9O9P2S3+. The lowest BCUT2D eigenvalue weighted by Crippen LogP contribution is -2.45. The first kappa shape index (κ1) is 33.1. The standard InChI is InChI=1S/C22H23F2N9O9P2S3/c23-22(24)9(3-34)47-19(33-7-29-11-16(33)30-20(26)31-17(11)35)14(22)42-44(37,46)39-5-21-4-38-12(13(21)41-43(36)45)18(40-21)32-6-28-10-8(25)1-2-27-15(10)32/h1-2,6-7,9,12-14,18-19,34H,3-5H2,(H6-,25,26,27,30,31,35,36,37,45,46)/p+1/t9-,12-,13+,14+,18-,19-,21-,44?/m1/s1. The van der Waals surface area contributed by atoms with Gasteiger partial charge in [0, 0.05) is 6.20 Å². The Morgan fingerprint density at radius 1 is 1.23 bits per heavy atom. The Morgan fingerprint density at radius 3 is 2.72 bits per heavy atom. The Bertz CT molecular complexity index is 2000. The van der Waals surface area contributed by atoms with Gasteiger partial charge >= 0.3 is 13.9 Å². The molecule has 3 fully saturated rings. The van der Waals surface area contributed by atoms with Crippen LogP contribution in [0.4, 0.5) is 20.4 Å². The molecule has 0 spiro atoms. The van der Waals surface area contributed by atoms with E-state index in [0.717, 1.165) is 10.9 Å². The summed E-state index contributed by atoms with van der Waals surface area (Å²) in [6.45, 7) is -6.34. The number of thioether (sulfide) groups is 1. The SMILES string of the molecule is Nc1nc2c(ncn2[C@@H]2S[C@H](CO)C(F)(F)[C@H]2OP(O)(=S)OC[C@@]23CO[C@@H]([C@H](n4cnc5c(N)ccnc54)O2)[C@@H]3O[P+](=O)S)c(=O)[nH]1. The summed E-state index contributed by atoms with van der Waals surface area (Å²) >= 11 is 9.65. The Morgan fingerprint density at radius 2 is 1.98 bits per heavy atom. The van der Waals surface area contributed by atoms with Crippen LogP contribution in [0.5, 0.6) is 0 Å². The number of nitrogens with one attached hydrogen (secondary N) is 1. The first-order valence-electron chi connectivity index (χ1n) is 13.5. The number of hydrogen-bond donors (Lipinski definition) is 6. The van der Waals surface area contributed by atoms with Crippen LogP contribution in [0.15, 0.2) is 29.7 Å². The van der Waals surface area contributed by atoms with Gasteiger partial charge in [0.05, 0.1) is 43.4 Å². The van der Waals surface area contributed by atoms with Gasteiger partial charge in [-0.1, -0.05) is 0 Å². The van der Waals surface area contributed by atoms with Crippen molar-refractivity contribution in [3.63, 3.8) is 0 Å². The molecule has 9 atom stereocenters. The van der Waals surface area contributed by atoms with Crippen molar-refractivity contribution in [3.05, 3.63) is 35.3 Å². The van der Waals surface area contributed by atoms with Gasteiger partial charge in [-0.05, 0) is 22.4 Å². The van der Waals surface area contributed by atoms with Crippen LogP contribution in [-0.2, 0) is 39.4 Å². The average Bonchev–Trinajstić information content (AvgIpc) is 3.80. The van der Waals surface area contributed by atoms with Crippen LogP contribution in [0.3, 0.4) is 0 Å². The number of anilines is 2. The first-order chi connectivity index (χ1) is 22.2. The number of aromatic amines is 1. The van der Waals surface area contributed by atoms with Crippen molar-refractivity contribution >= 4 is 83.7 Å². The van der Waals surface area contributed by atoms with Crippen LogP contribution in [-0.4, -0.2) is 99.0 Å². The Kier molecular flexibility index (Phi) is 8.37. The van der Waals surface area contributed by atoms with Gasteiger partial charge in [-0.25, -0.2) is 23.7 Å². The van der Waals surface area contributed by atoms with Crippen molar-refractivity contribution in [1.82, 2.24) is 34.1 Å². The number of aliphatic hydroxyl groups excluding tert-OH is 1. The number of fused-ring (bicyclic) bond motifs is 4. The van der Waals surface area contributed by atoms with Crippen molar-refractivity contribution < 1.29 is 46.4 Å². The van der Waals surface area contributed by atoms with E-state index < -0.39 is 79.4 Å². The number of thiol groups is 1. The zero-order valence-electron chi connectivity index (χ0n) is 23.4. The van der Waals surface area contributed by atoms with Crippen molar-refractivity contribution in [2.75, 3.05) is 31.3 Å². The topological polar surface area (TPSA) is 250 Å². The van der Waals surface area contributed by atoms with Crippen LogP contribution in [0, 0.1) is 0 Å². The van der Waals surface area contributed by atoms with Crippen LogP contribution in [0.2, 0.25) is 0 Å². The molecule has 0 aliphatic carbocycles. The molecule has 0 radical (unpaired) electrons. The van der Waals surface area contributed by atoms with Crippen LogP contribution in [0.1, 0.15) is 11.6 Å². The fourth-order valence-corrected chi connectivity index (χ4v) is 9.53. The molecule has 0 amide bonds. The number of halogens is 2. The van der Waals surface area contributed by atoms with Gasteiger partial charge < -0.3 is 35.5 Å². The molecule has 7 rings (SSSR count). The highest BCUT2D eigenvalue weighted by Crippen LogP contribution is 2.60. The number of aromatic nitrogens is 7. The number of nitrogens with two attached hydrogens (primary N) is 2. The van der Waals surface area contributed by atoms with Gasteiger partial charge in [-0.15, -0.1) is 16.3 Å². The molecule has 0 aromatic carbocycles. The zero-order chi connectivity index (χ0) is 33.5. The van der Waals surface area contributed by atoms with Crippen LogP contribution in [0.25, 0.3) is 22.3 Å². The van der Waals surface area contributed by atoms with Gasteiger partial charge in [-0.2, -0.15) is 4.98 Å². The minimum absolute atomic E-state index is 0.138. The normalized spacial score (nSPS) is 31.6. The quantitative estimate of drug-likeness (QED) is 0.0984. The second-order valence-electron chi connectivity index (χ2n) is 10.8. The summed E-state index contributed by atoms with van der Waals surface area (Å²) < 4.78 is 75.0. The van der Waals surface area contributed by atoms with Crippen molar-refractivity contribution in [1.29, 1.82) is 0 Å². The van der Waals surface area contributed by atoms with Gasteiger partial charge in [0.15, 0.2) is 40.8 Å². The van der Waals surface area contributed by atoms with Crippen LogP contribution >= 0.6 is 38.0 Å². The van der Waals surface area contributed by atoms with E-state index in [1.165, 1.54) is 17.1 Å². The molecule has 252 valence electrons. The Labute approximate surface area is 276 Å². The molecule has 18 nitrogen and oxygen atoms in total. The number of pyridine rings is 1. The number of imidazole rings is 2. The maximum atomic E-state index is 15.7. The predicted octanol–water partition coefficient (Wildman–Crippen LogP) is 1.23. The number of alkyl halides is 2. The molecule has 2 bridgehead atoms. The molecule has 3 aliphatic heterocycles. The van der Waals surface area contributed by atoms with E-state index in [1.807, 2.05) is 0 Å². The van der Waals surface area contributed by atoms with Crippen LogP contribution < -0.4 is 17.0 Å². The molecule has 2 unspecified atom stereocenters. The predicted molar refractivity (Wildman–Crippen MR) is 168 cm³/mol. The zero-order valence-corrected chi connectivity index (χ0v) is 27.7. The summed E-state index contributed by atoms with van der Waals surface area (Å²) in [6.07, 6.45) is -1.17. The minimum atomic E-state index is -4.57. The lowest BCUT2D eigenvalue weighted by Gasteiger charge is -2.33. The van der Waals surface area contributed by atoms with Gasteiger partial charge in [-0.3, -0.25) is 23.4 Å². The summed E-state index contributed by atoms with van der Waals surface area (Å²) in [6, 6.07) is 1.57. The third-order valence-corrected chi connectivity index (χ3v) is 11.7. The second kappa shape index (κ2) is 11.9. The van der Waals surface area contributed by atoms with Crippen molar-refractivity contribution in [3.8, 4) is 0 Å². The van der Waals surface area contributed by atoms with E-state index in [2.05, 4.69) is 37.2 Å². The summed E-state index contributed by atoms with van der Waals surface area (Å²) in [5.74, 6) is -4.06. The molecule has 7 N–H and O–H groups in total. The number of ether oxygens (including phenoxy) is 2. The number of H-pyrrole nitrogens is 1. The molecule has 4 aromatic heterocycles. The third-order valence-electron chi connectivity index (χ3n) is 7.92. The van der Waals surface area contributed by atoms with E-state index in [4.69, 9.17) is 46.3 Å². The highest BCUT2D eigenvalue weighted by Gasteiger charge is 2.67. The lowest BCUT2D eigenvalue weighted by molar-refractivity contribution is -0.183. The highest BCUT2D eigenvalue weighted by atomic mass is 32.7. The number of nitrogen functional groups attached to an aromatic ring is 2. The van der Waals surface area contributed by atoms with Gasteiger partial charge in [0.25, 0.3) is 11.5 Å². The van der Waals surface area contributed by atoms with Gasteiger partial charge in [0.2, 0.25) is 5.95 Å². The van der Waals surface area contributed by atoms with Gasteiger partial charge in [0.1, 0.15) is 29.2 Å². The third kappa shape index (κ3) is 5.55. The summed E-state index contributed by atoms with van der Waals surface area (Å²) in [5, 5.41) is 6.66. The van der Waals surface area contributed by atoms with E-state index in [1.54, 1.807) is 6.07 Å². The summed E-state index contributed by atoms with van der Waals surface area (Å²) in [5.41, 5.74) is 10.2. The van der Waals surface area contributed by atoms with E-state index >= 15 is 8.78 Å². The molecule has 7 heterocycles. The fraction of sp³-hybridized carbons (Fsp3) is 0.500. The molecule has 4 aromatic rings. The molecule has 25 heteroatoms. The highest BCUT2D eigenvalue weighted by molar-refractivity contribution is 8.39. The first-order valence-corrected chi connectivity index (χ1v) is 19.3. The second-order valence-corrected chi connectivity index (χ2v) is 16.5. The molecule has 3 aliphatic rings. The number of aliphatic hydroxyl groups is 1. The maximum Gasteiger partial charge on any atom is 0.582 e. The number of nitrogens with zero attached hydrogens (tertiary/aromatic N) is 6. The van der Waals surface area contributed by atoms with Crippen molar-refractivity contribution in [2.45, 2.75) is 46.7 Å². The van der Waals surface area contributed by atoms with E-state index in [9.17, 15) is 19.4 Å². The maximum absolute atomic E-state index is 15.7. The summed E-state index contributed by atoms with van der Waals surface area (Å²) in [7, 11) is -2.50. The molecular weight excluding hydrogens is 730 g/mol. The smallest absolute Gasteiger partial charge is 0.397 e. The summed E-state index contributed by atoms with van der Waals surface area (Å²) in [4.78, 5) is 42.3. The Hall–Kier alpha value is -2.40. The average molecular weight is 755 g/mol. The number of rotatable bonds is 10. The molecule has 47 heavy (non-hydrogen) atoms.